The van der Waals surface area contributed by atoms with Crippen molar-refractivity contribution in [1.29, 1.82) is 0 Å². The summed E-state index contributed by atoms with van der Waals surface area (Å²) in [7, 11) is 1.76. The van der Waals surface area contributed by atoms with Gasteiger partial charge in [0.15, 0.2) is 0 Å². The summed E-state index contributed by atoms with van der Waals surface area (Å²) in [5.41, 5.74) is 4.85. The quantitative estimate of drug-likeness (QED) is 0.340. The molecular formula is C30H28N4O4. The predicted octanol–water partition coefficient (Wildman–Crippen LogP) is 4.06. The van der Waals surface area contributed by atoms with Gasteiger partial charge in [-0.25, -0.2) is 4.79 Å². The smallest absolute Gasteiger partial charge is 0.333 e. The van der Waals surface area contributed by atoms with Crippen LogP contribution in [-0.2, 0) is 20.3 Å². The van der Waals surface area contributed by atoms with E-state index in [4.69, 9.17) is 9.47 Å². The van der Waals surface area contributed by atoms with E-state index in [1.165, 1.54) is 0 Å². The predicted molar refractivity (Wildman–Crippen MR) is 146 cm³/mol. The third kappa shape index (κ3) is 4.62. The summed E-state index contributed by atoms with van der Waals surface area (Å²) in [6.45, 7) is 1.84. The maximum atomic E-state index is 13.5. The van der Waals surface area contributed by atoms with E-state index in [1.807, 2.05) is 84.9 Å². The molecule has 0 radical (unpaired) electrons. The van der Waals surface area contributed by atoms with Crippen LogP contribution in [0.5, 0.6) is 11.8 Å². The van der Waals surface area contributed by atoms with E-state index in [9.17, 15) is 9.90 Å². The lowest BCUT2D eigenvalue weighted by Gasteiger charge is -2.37. The molecule has 5 aromatic rings. The van der Waals surface area contributed by atoms with Crippen LogP contribution in [0, 0.1) is 0 Å². The summed E-state index contributed by atoms with van der Waals surface area (Å²) in [5.74, 6) is 0.719. The molecular weight excluding hydrogens is 480 g/mol. The van der Waals surface area contributed by atoms with Crippen molar-refractivity contribution >= 4 is 16.7 Å². The van der Waals surface area contributed by atoms with Gasteiger partial charge in [0.1, 0.15) is 18.9 Å². The fourth-order valence-corrected chi connectivity index (χ4v) is 4.65. The standard InChI is InChI=1S/C30H28N4O4/c1-32-27-16-23(33-17-24(35)18-33)12-13-25(27)34(30(32)36)26-14-15-28(37-19-21-8-4-2-5-9-21)31-29(26)38-20-22-10-6-3-7-11-22/h2-16,24,35H,17-20H2,1H3. The van der Waals surface area contributed by atoms with Crippen molar-refractivity contribution in [3.63, 3.8) is 0 Å². The lowest BCUT2D eigenvalue weighted by Crippen LogP contribution is -2.50. The highest BCUT2D eigenvalue weighted by Crippen LogP contribution is 2.30. The topological polar surface area (TPSA) is 81.8 Å². The Balaban J connectivity index is 1.38. The van der Waals surface area contributed by atoms with Gasteiger partial charge in [-0.05, 0) is 35.4 Å². The van der Waals surface area contributed by atoms with Crippen LogP contribution in [-0.4, -0.2) is 38.4 Å². The van der Waals surface area contributed by atoms with Gasteiger partial charge >= 0.3 is 5.69 Å². The summed E-state index contributed by atoms with van der Waals surface area (Å²) in [5, 5.41) is 9.70. The van der Waals surface area contributed by atoms with Crippen LogP contribution in [0.3, 0.4) is 0 Å². The van der Waals surface area contributed by atoms with Crippen LogP contribution in [0.25, 0.3) is 16.7 Å². The zero-order valence-corrected chi connectivity index (χ0v) is 21.0. The molecule has 1 aliphatic heterocycles. The molecule has 1 fully saturated rings. The number of hydrogen-bond acceptors (Lipinski definition) is 6. The molecule has 1 N–H and O–H groups in total. The zero-order chi connectivity index (χ0) is 26.1. The van der Waals surface area contributed by atoms with Crippen molar-refractivity contribution in [2.45, 2.75) is 19.3 Å². The highest BCUT2D eigenvalue weighted by Gasteiger charge is 2.26. The molecule has 192 valence electrons. The van der Waals surface area contributed by atoms with E-state index in [2.05, 4.69) is 9.88 Å². The second kappa shape index (κ2) is 10.1. The summed E-state index contributed by atoms with van der Waals surface area (Å²) >= 11 is 0. The number of aryl methyl sites for hydroxylation is 1. The van der Waals surface area contributed by atoms with Crippen LogP contribution in [0.4, 0.5) is 5.69 Å². The van der Waals surface area contributed by atoms with Crippen LogP contribution < -0.4 is 20.1 Å². The largest absolute Gasteiger partial charge is 0.473 e. The molecule has 0 atom stereocenters. The molecule has 1 saturated heterocycles. The van der Waals surface area contributed by atoms with Gasteiger partial charge in [-0.1, -0.05) is 60.7 Å². The second-order valence-electron chi connectivity index (χ2n) is 9.43. The van der Waals surface area contributed by atoms with Crippen molar-refractivity contribution < 1.29 is 14.6 Å². The van der Waals surface area contributed by atoms with Gasteiger partial charge in [0.2, 0.25) is 11.8 Å². The molecule has 3 aromatic carbocycles. The number of anilines is 1. The molecule has 0 saturated carbocycles. The average molecular weight is 509 g/mol. The number of aliphatic hydroxyl groups is 1. The van der Waals surface area contributed by atoms with Crippen molar-refractivity contribution in [1.82, 2.24) is 14.1 Å². The van der Waals surface area contributed by atoms with Gasteiger partial charge in [-0.3, -0.25) is 9.13 Å². The van der Waals surface area contributed by atoms with Gasteiger partial charge in [0, 0.05) is 31.9 Å². The Kier molecular flexibility index (Phi) is 6.31. The molecule has 6 rings (SSSR count). The van der Waals surface area contributed by atoms with Gasteiger partial charge in [-0.2, -0.15) is 4.98 Å². The third-order valence-electron chi connectivity index (χ3n) is 6.77. The number of β-amino-alcohol motifs (C(OH)–C–C–N with tert-alkyl or cyclic N) is 1. The number of aliphatic hydroxyl groups excluding tert-OH is 1. The minimum absolute atomic E-state index is 0.204. The molecule has 2 aromatic heterocycles. The van der Waals surface area contributed by atoms with Gasteiger partial charge in [0.05, 0.1) is 17.1 Å². The number of ether oxygens (including phenoxy) is 2. The molecule has 3 heterocycles. The van der Waals surface area contributed by atoms with Crippen LogP contribution in [0.1, 0.15) is 11.1 Å². The Bertz CT molecular complexity index is 1620. The monoisotopic (exact) mass is 508 g/mol. The second-order valence-corrected chi connectivity index (χ2v) is 9.43. The maximum absolute atomic E-state index is 13.5. The molecule has 1 aliphatic rings. The molecule has 8 nitrogen and oxygen atoms in total. The SMILES string of the molecule is Cn1c(=O)n(-c2ccc(OCc3ccccc3)nc2OCc2ccccc2)c2ccc(N3CC(O)C3)cc21. The van der Waals surface area contributed by atoms with Crippen LogP contribution >= 0.6 is 0 Å². The first-order chi connectivity index (χ1) is 18.6. The van der Waals surface area contributed by atoms with E-state index >= 15 is 0 Å². The molecule has 0 amide bonds. The fraction of sp³-hybridized carbons (Fsp3) is 0.200. The summed E-state index contributed by atoms with van der Waals surface area (Å²) in [6.07, 6.45) is -0.308. The average Bonchev–Trinajstić information content (AvgIpc) is 3.19. The van der Waals surface area contributed by atoms with E-state index in [0.717, 1.165) is 27.8 Å². The normalized spacial score (nSPS) is 13.5. The van der Waals surface area contributed by atoms with Crippen molar-refractivity contribution in [3.8, 4) is 17.4 Å². The minimum Gasteiger partial charge on any atom is -0.473 e. The van der Waals surface area contributed by atoms with Gasteiger partial charge in [-0.15, -0.1) is 0 Å². The molecule has 0 spiro atoms. The highest BCUT2D eigenvalue weighted by atomic mass is 16.5. The van der Waals surface area contributed by atoms with Crippen LogP contribution in [0.2, 0.25) is 0 Å². The van der Waals surface area contributed by atoms with E-state index < -0.39 is 0 Å². The van der Waals surface area contributed by atoms with Gasteiger partial charge in [0.25, 0.3) is 0 Å². The number of fused-ring (bicyclic) bond motifs is 1. The van der Waals surface area contributed by atoms with E-state index in [1.54, 1.807) is 22.2 Å². The summed E-state index contributed by atoms with van der Waals surface area (Å²) < 4.78 is 15.4. The molecule has 38 heavy (non-hydrogen) atoms. The third-order valence-corrected chi connectivity index (χ3v) is 6.77. The zero-order valence-electron chi connectivity index (χ0n) is 21.0. The van der Waals surface area contributed by atoms with Crippen LogP contribution in [0.15, 0.2) is 95.8 Å². The number of hydrogen-bond donors (Lipinski definition) is 1. The first kappa shape index (κ1) is 23.8. The Morgan fingerprint density at radius 3 is 2.16 bits per heavy atom. The Labute approximate surface area is 219 Å². The number of nitrogens with zero attached hydrogens (tertiary/aromatic N) is 4. The summed E-state index contributed by atoms with van der Waals surface area (Å²) in [6, 6.07) is 29.2. The lowest BCUT2D eigenvalue weighted by atomic mass is 10.1. The highest BCUT2D eigenvalue weighted by molar-refractivity contribution is 5.82. The first-order valence-electron chi connectivity index (χ1n) is 12.6. The number of benzene rings is 3. The number of rotatable bonds is 8. The Hall–Kier alpha value is -4.56. The summed E-state index contributed by atoms with van der Waals surface area (Å²) in [4.78, 5) is 20.2. The first-order valence-corrected chi connectivity index (χ1v) is 12.6. The lowest BCUT2D eigenvalue weighted by molar-refractivity contribution is 0.142. The number of aromatic nitrogens is 3. The van der Waals surface area contributed by atoms with Crippen molar-refractivity contribution in [3.05, 3.63) is 113 Å². The van der Waals surface area contributed by atoms with Crippen molar-refractivity contribution in [2.75, 3.05) is 18.0 Å². The van der Waals surface area contributed by atoms with Crippen molar-refractivity contribution in [2.24, 2.45) is 7.05 Å². The molecule has 0 unspecified atom stereocenters. The molecule has 0 aliphatic carbocycles. The maximum Gasteiger partial charge on any atom is 0.333 e. The number of imidazole rings is 1. The van der Waals surface area contributed by atoms with E-state index in [-0.39, 0.29) is 11.8 Å². The number of pyridine rings is 1. The Morgan fingerprint density at radius 2 is 1.50 bits per heavy atom. The Morgan fingerprint density at radius 1 is 0.842 bits per heavy atom. The van der Waals surface area contributed by atoms with E-state index in [0.29, 0.717) is 43.8 Å². The fourth-order valence-electron chi connectivity index (χ4n) is 4.65. The minimum atomic E-state index is -0.308. The molecule has 8 heteroatoms. The molecule has 0 bridgehead atoms. The van der Waals surface area contributed by atoms with Gasteiger partial charge < -0.3 is 19.5 Å².